The Bertz CT molecular complexity index is 2130. The summed E-state index contributed by atoms with van der Waals surface area (Å²) in [5.41, 5.74) is 1.90. The fourth-order valence-electron chi connectivity index (χ4n) is 5.07. The van der Waals surface area contributed by atoms with E-state index >= 15 is 0 Å². The molecule has 1 N–H and O–H groups in total. The molecule has 1 amide bonds. The average molecular weight is 717 g/mol. The molecule has 11 nitrogen and oxygen atoms in total. The summed E-state index contributed by atoms with van der Waals surface area (Å²) in [6.45, 7) is 7.67. The van der Waals surface area contributed by atoms with Crippen LogP contribution in [0.25, 0.3) is 22.3 Å². The number of nitrogens with zero attached hydrogens (tertiary/aromatic N) is 4. The number of hydrogen-bond donors (Lipinski definition) is 1. The molecule has 4 aromatic carbocycles. The summed E-state index contributed by atoms with van der Waals surface area (Å²) >= 11 is 3.29. The van der Waals surface area contributed by atoms with Gasteiger partial charge in [-0.05, 0) is 73.4 Å². The van der Waals surface area contributed by atoms with Crippen molar-refractivity contribution >= 4 is 50.3 Å². The van der Waals surface area contributed by atoms with Gasteiger partial charge in [-0.25, -0.2) is 9.37 Å². The van der Waals surface area contributed by atoms with E-state index < -0.39 is 34.5 Å². The van der Waals surface area contributed by atoms with Crippen LogP contribution < -0.4 is 20.3 Å². The predicted molar refractivity (Wildman–Crippen MR) is 186 cm³/mol. The first kappa shape index (κ1) is 33.9. The van der Waals surface area contributed by atoms with Gasteiger partial charge < -0.3 is 14.8 Å². The standard InChI is InChI=1S/C35H31BrFN5O6/c1-5-47-31-14-21(4)26(17-25(31)20(2)3)34-40-28-12-8-6-10-24(28)35(44)41(34)38-18-22-15-23(36)16-30(42(45)46)33(22)48-19-32(43)39-29-13-9-7-11-27(29)37/h6-18,20H,5,19H2,1-4H3,(H,39,43). The van der Waals surface area contributed by atoms with E-state index in [1.165, 1.54) is 36.5 Å². The van der Waals surface area contributed by atoms with E-state index in [9.17, 15) is 24.1 Å². The molecule has 1 aromatic heterocycles. The molecule has 13 heteroatoms. The van der Waals surface area contributed by atoms with E-state index in [4.69, 9.17) is 14.5 Å². The van der Waals surface area contributed by atoms with Crippen LogP contribution in [0.15, 0.2) is 87.2 Å². The summed E-state index contributed by atoms with van der Waals surface area (Å²) in [7, 11) is 0. The first-order chi connectivity index (χ1) is 23.0. The molecule has 5 aromatic rings. The van der Waals surface area contributed by atoms with Crippen molar-refractivity contribution in [2.24, 2.45) is 5.10 Å². The minimum atomic E-state index is -0.746. The number of nitro groups is 1. The zero-order valence-electron chi connectivity index (χ0n) is 26.5. The van der Waals surface area contributed by atoms with Gasteiger partial charge >= 0.3 is 5.69 Å². The molecule has 0 bridgehead atoms. The van der Waals surface area contributed by atoms with Crippen molar-refractivity contribution in [2.45, 2.75) is 33.6 Å². The molecule has 0 aliphatic rings. The summed E-state index contributed by atoms with van der Waals surface area (Å²) in [6, 6.07) is 19.0. The van der Waals surface area contributed by atoms with E-state index in [2.05, 4.69) is 26.3 Å². The minimum Gasteiger partial charge on any atom is -0.494 e. The highest BCUT2D eigenvalue weighted by molar-refractivity contribution is 9.10. The first-order valence-electron chi connectivity index (χ1n) is 15.0. The third-order valence-electron chi connectivity index (χ3n) is 7.34. The Labute approximate surface area is 283 Å². The van der Waals surface area contributed by atoms with E-state index in [1.54, 1.807) is 30.3 Å². The van der Waals surface area contributed by atoms with E-state index in [1.807, 2.05) is 39.8 Å². The van der Waals surface area contributed by atoms with Gasteiger partial charge in [-0.3, -0.25) is 19.7 Å². The normalized spacial score (nSPS) is 11.3. The lowest BCUT2D eigenvalue weighted by Crippen LogP contribution is -2.22. The SMILES string of the molecule is CCOc1cc(C)c(-c2nc3ccccc3c(=O)n2N=Cc2cc(Br)cc([N+](=O)[O-])c2OCC(=O)Nc2ccccc2F)cc1C(C)C. The number of nitro benzene ring substituents is 1. The van der Waals surface area contributed by atoms with Gasteiger partial charge in [0.15, 0.2) is 12.4 Å². The van der Waals surface area contributed by atoms with E-state index in [0.717, 1.165) is 21.6 Å². The molecule has 1 heterocycles. The van der Waals surface area contributed by atoms with Crippen LogP contribution in [0.2, 0.25) is 0 Å². The number of carbonyl (C=O) groups excluding carboxylic acids is 1. The van der Waals surface area contributed by atoms with Crippen molar-refractivity contribution in [2.75, 3.05) is 18.5 Å². The Morgan fingerprint density at radius 2 is 1.85 bits per heavy atom. The van der Waals surface area contributed by atoms with E-state index in [0.29, 0.717) is 27.5 Å². The number of aryl methyl sites for hydroxylation is 1. The maximum absolute atomic E-state index is 14.1. The van der Waals surface area contributed by atoms with Crippen LogP contribution in [0, 0.1) is 22.9 Å². The van der Waals surface area contributed by atoms with Crippen LogP contribution >= 0.6 is 15.9 Å². The molecule has 48 heavy (non-hydrogen) atoms. The molecule has 246 valence electrons. The van der Waals surface area contributed by atoms with Crippen molar-refractivity contribution in [3.05, 3.63) is 120 Å². The molecule has 5 rings (SSSR count). The summed E-state index contributed by atoms with van der Waals surface area (Å²) in [6.07, 6.45) is 1.23. The lowest BCUT2D eigenvalue weighted by molar-refractivity contribution is -0.385. The second kappa shape index (κ2) is 14.6. The molecular formula is C35H31BrFN5O6. The number of benzene rings is 4. The van der Waals surface area contributed by atoms with Crippen molar-refractivity contribution in [1.29, 1.82) is 0 Å². The minimum absolute atomic E-state index is 0.0703. The summed E-state index contributed by atoms with van der Waals surface area (Å²) in [4.78, 5) is 42.8. The molecule has 0 aliphatic carbocycles. The van der Waals surface area contributed by atoms with Gasteiger partial charge in [-0.15, -0.1) is 0 Å². The third kappa shape index (κ3) is 7.26. The lowest BCUT2D eigenvalue weighted by Gasteiger charge is -2.18. The van der Waals surface area contributed by atoms with Gasteiger partial charge in [0.1, 0.15) is 11.6 Å². The smallest absolute Gasteiger partial charge is 0.312 e. The number of aromatic nitrogens is 2. The number of nitrogens with one attached hydrogen (secondary N) is 1. The molecule has 0 unspecified atom stereocenters. The number of anilines is 1. The maximum atomic E-state index is 14.1. The molecule has 0 fully saturated rings. The second-order valence-electron chi connectivity index (χ2n) is 11.0. The number of rotatable bonds is 11. The Morgan fingerprint density at radius 3 is 2.56 bits per heavy atom. The van der Waals surface area contributed by atoms with Gasteiger partial charge in [0.05, 0.1) is 34.3 Å². The van der Waals surface area contributed by atoms with Crippen molar-refractivity contribution < 1.29 is 23.6 Å². The van der Waals surface area contributed by atoms with Gasteiger partial charge in [0, 0.05) is 21.7 Å². The number of para-hydroxylation sites is 2. The highest BCUT2D eigenvalue weighted by Crippen LogP contribution is 2.36. The monoisotopic (exact) mass is 715 g/mol. The van der Waals surface area contributed by atoms with Crippen molar-refractivity contribution in [3.8, 4) is 22.9 Å². The number of hydrogen-bond acceptors (Lipinski definition) is 8. The molecule has 0 spiro atoms. The second-order valence-corrected chi connectivity index (χ2v) is 11.9. The fraction of sp³-hybridized carbons (Fsp3) is 0.200. The molecule has 0 atom stereocenters. The molecule has 0 aliphatic heterocycles. The molecule has 0 saturated carbocycles. The van der Waals surface area contributed by atoms with Crippen molar-refractivity contribution in [1.82, 2.24) is 9.66 Å². The molecular weight excluding hydrogens is 685 g/mol. The number of fused-ring (bicyclic) bond motifs is 1. The Hall–Kier alpha value is -5.43. The van der Waals surface area contributed by atoms with Gasteiger partial charge in [-0.1, -0.05) is 54.0 Å². The van der Waals surface area contributed by atoms with Crippen LogP contribution in [0.4, 0.5) is 15.8 Å². The zero-order valence-corrected chi connectivity index (χ0v) is 28.1. The van der Waals surface area contributed by atoms with Crippen molar-refractivity contribution in [3.63, 3.8) is 0 Å². The van der Waals surface area contributed by atoms with Gasteiger partial charge in [0.2, 0.25) is 5.75 Å². The van der Waals surface area contributed by atoms with E-state index in [-0.39, 0.29) is 28.7 Å². The Balaban J connectivity index is 1.63. The Kier molecular flexibility index (Phi) is 10.3. The van der Waals surface area contributed by atoms with Gasteiger partial charge in [-0.2, -0.15) is 9.78 Å². The largest absolute Gasteiger partial charge is 0.494 e. The first-order valence-corrected chi connectivity index (χ1v) is 15.8. The Morgan fingerprint density at radius 1 is 1.12 bits per heavy atom. The number of amides is 1. The summed E-state index contributed by atoms with van der Waals surface area (Å²) in [5.74, 6) is -0.611. The number of ether oxygens (including phenoxy) is 2. The van der Waals surface area contributed by atoms with Crippen LogP contribution in [-0.4, -0.2) is 39.9 Å². The quantitative estimate of drug-likeness (QED) is 0.0844. The van der Waals surface area contributed by atoms with Crippen LogP contribution in [0.5, 0.6) is 11.5 Å². The maximum Gasteiger partial charge on any atom is 0.312 e. The van der Waals surface area contributed by atoms with Crippen LogP contribution in [0.1, 0.15) is 43.4 Å². The van der Waals surface area contributed by atoms with Gasteiger partial charge in [0.25, 0.3) is 11.5 Å². The van der Waals surface area contributed by atoms with Crippen LogP contribution in [0.3, 0.4) is 0 Å². The van der Waals surface area contributed by atoms with Crippen LogP contribution in [-0.2, 0) is 4.79 Å². The fourth-order valence-corrected chi connectivity index (χ4v) is 5.53. The zero-order chi connectivity index (χ0) is 34.5. The number of halogens is 2. The third-order valence-corrected chi connectivity index (χ3v) is 7.80. The molecule has 0 saturated heterocycles. The summed E-state index contributed by atoms with van der Waals surface area (Å²) in [5, 5.41) is 19.2. The highest BCUT2D eigenvalue weighted by Gasteiger charge is 2.23. The summed E-state index contributed by atoms with van der Waals surface area (Å²) < 4.78 is 27.1. The topological polar surface area (TPSA) is 138 Å². The highest BCUT2D eigenvalue weighted by atomic mass is 79.9. The predicted octanol–water partition coefficient (Wildman–Crippen LogP) is 7.60. The average Bonchev–Trinajstić information content (AvgIpc) is 3.04. The molecule has 0 radical (unpaired) electrons. The number of carbonyl (C=O) groups is 1. The lowest BCUT2D eigenvalue weighted by atomic mass is 9.96.